The molecule has 1 saturated heterocycles. The molecule has 4 heterocycles. The Morgan fingerprint density at radius 1 is 1.17 bits per heavy atom. The molecule has 1 N–H and O–H groups in total. The Morgan fingerprint density at radius 3 is 2.61 bits per heavy atom. The lowest BCUT2D eigenvalue weighted by Crippen LogP contribution is -2.29. The largest absolute Gasteiger partial charge is 0.505 e. The molecule has 1 atom stereocenters. The van der Waals surface area contributed by atoms with E-state index in [0.717, 1.165) is 5.56 Å². The molecule has 0 saturated carbocycles. The Bertz CT molecular complexity index is 1500. The number of likely N-dealkylation sites (tertiary alicyclic amines) is 1. The van der Waals surface area contributed by atoms with Crippen LogP contribution < -0.4 is 4.74 Å². The molecular formula is C28H25N3O5. The minimum atomic E-state index is -0.839. The van der Waals surface area contributed by atoms with E-state index >= 15 is 0 Å². The molecule has 8 heteroatoms. The number of carbonyl (C=O) groups excluding carboxylic acids is 2. The third-order valence-corrected chi connectivity index (χ3v) is 6.32. The summed E-state index contributed by atoms with van der Waals surface area (Å²) in [6.45, 7) is 7.80. The number of hydrogen-bond donors (Lipinski definition) is 1. The quantitative estimate of drug-likeness (QED) is 0.177. The van der Waals surface area contributed by atoms with Crippen molar-refractivity contribution in [3.05, 3.63) is 107 Å². The first-order valence-corrected chi connectivity index (χ1v) is 11.5. The van der Waals surface area contributed by atoms with Crippen LogP contribution in [0.5, 0.6) is 5.75 Å². The summed E-state index contributed by atoms with van der Waals surface area (Å²) in [5.41, 5.74) is 3.14. The molecule has 36 heavy (non-hydrogen) atoms. The Morgan fingerprint density at radius 2 is 1.94 bits per heavy atom. The van der Waals surface area contributed by atoms with E-state index in [4.69, 9.17) is 9.15 Å². The number of ketones is 1. The Labute approximate surface area is 207 Å². The van der Waals surface area contributed by atoms with Gasteiger partial charge in [0.05, 0.1) is 30.1 Å². The number of ether oxygens (including phenoxy) is 1. The van der Waals surface area contributed by atoms with Crippen LogP contribution in [0.3, 0.4) is 0 Å². The highest BCUT2D eigenvalue weighted by molar-refractivity contribution is 6.46. The van der Waals surface area contributed by atoms with Crippen LogP contribution in [0.4, 0.5) is 0 Å². The van der Waals surface area contributed by atoms with E-state index < -0.39 is 17.7 Å². The highest BCUT2D eigenvalue weighted by atomic mass is 16.5. The van der Waals surface area contributed by atoms with Gasteiger partial charge >= 0.3 is 0 Å². The van der Waals surface area contributed by atoms with Gasteiger partial charge in [0.2, 0.25) is 0 Å². The predicted molar refractivity (Wildman–Crippen MR) is 133 cm³/mol. The van der Waals surface area contributed by atoms with Crippen LogP contribution in [0.25, 0.3) is 11.4 Å². The lowest BCUT2D eigenvalue weighted by molar-refractivity contribution is -0.140. The van der Waals surface area contributed by atoms with E-state index in [9.17, 15) is 14.7 Å². The number of carbonyl (C=O) groups is 2. The molecule has 182 valence electrons. The van der Waals surface area contributed by atoms with E-state index in [1.807, 2.05) is 36.6 Å². The first kappa shape index (κ1) is 23.2. The van der Waals surface area contributed by atoms with Crippen LogP contribution in [-0.2, 0) is 16.1 Å². The molecule has 0 spiro atoms. The minimum absolute atomic E-state index is 0.0181. The third kappa shape index (κ3) is 3.86. The molecule has 0 bridgehead atoms. The lowest BCUT2D eigenvalue weighted by atomic mass is 9.96. The van der Waals surface area contributed by atoms with E-state index in [1.165, 1.54) is 11.2 Å². The van der Waals surface area contributed by atoms with Crippen molar-refractivity contribution in [1.82, 2.24) is 14.3 Å². The number of aliphatic hydroxyl groups excluding tert-OH is 1. The van der Waals surface area contributed by atoms with Crippen molar-refractivity contribution in [3.8, 4) is 5.75 Å². The third-order valence-electron chi connectivity index (χ3n) is 6.32. The first-order valence-electron chi connectivity index (χ1n) is 11.5. The SMILES string of the molecule is C=CCOc1ccc(C2/C(=C(\O)c3nc4c(C)cccn4c3C)C(=O)C(=O)N2Cc2ccco2)cc1. The van der Waals surface area contributed by atoms with Crippen molar-refractivity contribution in [3.63, 3.8) is 0 Å². The molecule has 1 amide bonds. The fraction of sp³-hybridized carbons (Fsp3) is 0.179. The number of furan rings is 1. The summed E-state index contributed by atoms with van der Waals surface area (Å²) >= 11 is 0. The summed E-state index contributed by atoms with van der Waals surface area (Å²) < 4.78 is 12.9. The van der Waals surface area contributed by atoms with E-state index in [1.54, 1.807) is 42.5 Å². The molecule has 4 aromatic rings. The van der Waals surface area contributed by atoms with Crippen LogP contribution in [0.15, 0.2) is 83.6 Å². The number of aromatic nitrogens is 2. The molecule has 3 aromatic heterocycles. The molecule has 5 rings (SSSR count). The smallest absolute Gasteiger partial charge is 0.296 e. The zero-order valence-corrected chi connectivity index (χ0v) is 20.0. The van der Waals surface area contributed by atoms with Crippen LogP contribution >= 0.6 is 0 Å². The first-order chi connectivity index (χ1) is 17.4. The number of benzene rings is 1. The van der Waals surface area contributed by atoms with Gasteiger partial charge < -0.3 is 23.6 Å². The van der Waals surface area contributed by atoms with Crippen LogP contribution in [-0.4, -0.2) is 37.7 Å². The number of nitrogens with zero attached hydrogens (tertiary/aromatic N) is 3. The fourth-order valence-electron chi connectivity index (χ4n) is 4.54. The number of rotatable bonds is 7. The molecular weight excluding hydrogens is 458 g/mol. The number of amides is 1. The summed E-state index contributed by atoms with van der Waals surface area (Å²) in [4.78, 5) is 32.6. The Hall–Kier alpha value is -4.59. The second-order valence-corrected chi connectivity index (χ2v) is 8.61. The number of imidazole rings is 1. The zero-order valence-electron chi connectivity index (χ0n) is 20.0. The van der Waals surface area contributed by atoms with Crippen molar-refractivity contribution in [2.45, 2.75) is 26.4 Å². The number of aryl methyl sites for hydroxylation is 2. The Kier molecular flexibility index (Phi) is 5.93. The summed E-state index contributed by atoms with van der Waals surface area (Å²) in [5.74, 6) is -0.666. The molecule has 0 aliphatic carbocycles. The van der Waals surface area contributed by atoms with Gasteiger partial charge in [0, 0.05) is 6.20 Å². The highest BCUT2D eigenvalue weighted by Crippen LogP contribution is 2.41. The number of hydrogen-bond acceptors (Lipinski definition) is 6. The number of fused-ring (bicyclic) bond motifs is 1. The second kappa shape index (κ2) is 9.22. The van der Waals surface area contributed by atoms with Gasteiger partial charge in [-0.3, -0.25) is 9.59 Å². The minimum Gasteiger partial charge on any atom is -0.505 e. The summed E-state index contributed by atoms with van der Waals surface area (Å²) in [6.07, 6.45) is 5.00. The van der Waals surface area contributed by atoms with Gasteiger partial charge in [0.15, 0.2) is 5.76 Å². The van der Waals surface area contributed by atoms with Crippen molar-refractivity contribution in [1.29, 1.82) is 0 Å². The van der Waals surface area contributed by atoms with Crippen molar-refractivity contribution in [2.24, 2.45) is 0 Å². The van der Waals surface area contributed by atoms with Gasteiger partial charge in [0.25, 0.3) is 11.7 Å². The Balaban J connectivity index is 1.66. The number of aliphatic hydroxyl groups is 1. The van der Waals surface area contributed by atoms with Gasteiger partial charge in [-0.05, 0) is 55.3 Å². The zero-order chi connectivity index (χ0) is 25.4. The van der Waals surface area contributed by atoms with Crippen LogP contribution in [0.2, 0.25) is 0 Å². The summed E-state index contributed by atoms with van der Waals surface area (Å²) in [6, 6.07) is 13.5. The normalized spacial score (nSPS) is 17.2. The molecule has 1 aliphatic rings. The molecule has 1 aromatic carbocycles. The van der Waals surface area contributed by atoms with Gasteiger partial charge in [-0.15, -0.1) is 0 Å². The van der Waals surface area contributed by atoms with E-state index in [2.05, 4.69) is 11.6 Å². The van der Waals surface area contributed by atoms with Crippen molar-refractivity contribution < 1.29 is 23.8 Å². The average molecular weight is 484 g/mol. The van der Waals surface area contributed by atoms with E-state index in [-0.39, 0.29) is 23.6 Å². The van der Waals surface area contributed by atoms with Gasteiger partial charge in [0.1, 0.15) is 29.5 Å². The van der Waals surface area contributed by atoms with E-state index in [0.29, 0.717) is 35.0 Å². The maximum atomic E-state index is 13.3. The molecule has 1 aliphatic heterocycles. The number of pyridine rings is 1. The molecule has 0 radical (unpaired) electrons. The maximum Gasteiger partial charge on any atom is 0.296 e. The van der Waals surface area contributed by atoms with Crippen molar-refractivity contribution in [2.75, 3.05) is 6.61 Å². The summed E-state index contributed by atoms with van der Waals surface area (Å²) in [7, 11) is 0. The summed E-state index contributed by atoms with van der Waals surface area (Å²) in [5, 5.41) is 11.5. The molecule has 1 fully saturated rings. The topological polar surface area (TPSA) is 97.3 Å². The number of Topliss-reactive ketones (excluding diaryl/α,β-unsaturated/α-hetero) is 1. The molecule has 1 unspecified atom stereocenters. The van der Waals surface area contributed by atoms with Gasteiger partial charge in [-0.1, -0.05) is 30.9 Å². The van der Waals surface area contributed by atoms with Crippen molar-refractivity contribution >= 4 is 23.1 Å². The maximum absolute atomic E-state index is 13.3. The van der Waals surface area contributed by atoms with Gasteiger partial charge in [-0.25, -0.2) is 4.98 Å². The standard InChI is InChI=1S/C28H25N3O5/c1-4-14-35-20-11-9-19(10-12-20)24-22(26(33)28(34)31(24)16-21-8-6-15-36-21)25(32)23-18(3)30-13-5-7-17(2)27(30)29-23/h4-13,15,24,32H,1,14,16H2,2-3H3/b25-22+. The monoisotopic (exact) mass is 483 g/mol. The molecule has 8 nitrogen and oxygen atoms in total. The lowest BCUT2D eigenvalue weighted by Gasteiger charge is -2.24. The van der Waals surface area contributed by atoms with Crippen LogP contribution in [0, 0.1) is 13.8 Å². The fourth-order valence-corrected chi connectivity index (χ4v) is 4.54. The van der Waals surface area contributed by atoms with Gasteiger partial charge in [-0.2, -0.15) is 0 Å². The highest BCUT2D eigenvalue weighted by Gasteiger charge is 2.47. The van der Waals surface area contributed by atoms with Crippen LogP contribution in [0.1, 0.15) is 34.3 Å². The average Bonchev–Trinajstić information content (AvgIpc) is 3.58. The second-order valence-electron chi connectivity index (χ2n) is 8.61. The predicted octanol–water partition coefficient (Wildman–Crippen LogP) is 4.73.